The van der Waals surface area contributed by atoms with Crippen LogP contribution in [0.15, 0.2) is 53.4 Å². The van der Waals surface area contributed by atoms with Gasteiger partial charge < -0.3 is 9.64 Å². The molecular formula is C23H28N2O4S. The highest BCUT2D eigenvalue weighted by Crippen LogP contribution is 2.33. The molecule has 1 fully saturated rings. The average molecular weight is 429 g/mol. The van der Waals surface area contributed by atoms with Crippen molar-refractivity contribution in [1.29, 1.82) is 0 Å². The summed E-state index contributed by atoms with van der Waals surface area (Å²) in [5, 5.41) is 0. The highest BCUT2D eigenvalue weighted by Gasteiger charge is 2.34. The van der Waals surface area contributed by atoms with Gasteiger partial charge in [0.15, 0.2) is 0 Å². The number of hydrogen-bond acceptors (Lipinski definition) is 4. The zero-order valence-corrected chi connectivity index (χ0v) is 18.1. The molecular weight excluding hydrogens is 400 g/mol. The van der Waals surface area contributed by atoms with Gasteiger partial charge in [-0.3, -0.25) is 4.79 Å². The largest absolute Gasteiger partial charge is 0.494 e. The van der Waals surface area contributed by atoms with E-state index < -0.39 is 10.0 Å². The number of carbonyl (C=O) groups is 1. The topological polar surface area (TPSA) is 66.9 Å². The van der Waals surface area contributed by atoms with Crippen molar-refractivity contribution < 1.29 is 17.9 Å². The summed E-state index contributed by atoms with van der Waals surface area (Å²) in [5.41, 5.74) is 2.40. The second kappa shape index (κ2) is 8.78. The molecule has 30 heavy (non-hydrogen) atoms. The van der Waals surface area contributed by atoms with Gasteiger partial charge in [0.2, 0.25) is 15.9 Å². The third kappa shape index (κ3) is 4.09. The lowest BCUT2D eigenvalue weighted by Gasteiger charge is -2.37. The van der Waals surface area contributed by atoms with Crippen molar-refractivity contribution in [3.8, 4) is 5.75 Å². The standard InChI is InChI=1S/C23H28N2O4S/c1-2-29-19-10-12-20(13-11-19)30(27,28)25-16-14-24(15-17-25)23(26)22-9-5-7-18-6-3-4-8-21(18)22/h3-4,6,8,10-13,22H,2,5,7,9,14-17H2,1H3. The monoisotopic (exact) mass is 428 g/mol. The lowest BCUT2D eigenvalue weighted by atomic mass is 9.82. The number of amides is 1. The zero-order chi connectivity index (χ0) is 21.1. The molecule has 0 N–H and O–H groups in total. The fraction of sp³-hybridized carbons (Fsp3) is 0.435. The number of aryl methyl sites for hydroxylation is 1. The minimum Gasteiger partial charge on any atom is -0.494 e. The summed E-state index contributed by atoms with van der Waals surface area (Å²) >= 11 is 0. The summed E-state index contributed by atoms with van der Waals surface area (Å²) < 4.78 is 32.8. The van der Waals surface area contributed by atoms with E-state index in [0.717, 1.165) is 24.8 Å². The van der Waals surface area contributed by atoms with Gasteiger partial charge in [-0.05, 0) is 61.6 Å². The highest BCUT2D eigenvalue weighted by atomic mass is 32.2. The lowest BCUT2D eigenvalue weighted by molar-refractivity contribution is -0.134. The maximum absolute atomic E-state index is 13.2. The minimum atomic E-state index is -3.58. The van der Waals surface area contributed by atoms with Crippen molar-refractivity contribution in [3.63, 3.8) is 0 Å². The maximum Gasteiger partial charge on any atom is 0.243 e. The fourth-order valence-electron chi connectivity index (χ4n) is 4.40. The molecule has 1 unspecified atom stereocenters. The predicted octanol–water partition coefficient (Wildman–Crippen LogP) is 3.04. The minimum absolute atomic E-state index is 0.107. The second-order valence-electron chi connectivity index (χ2n) is 7.78. The third-order valence-corrected chi connectivity index (χ3v) is 7.90. The number of ether oxygens (including phenoxy) is 1. The van der Waals surface area contributed by atoms with E-state index in [2.05, 4.69) is 12.1 Å². The third-order valence-electron chi connectivity index (χ3n) is 5.99. The Balaban J connectivity index is 1.42. The first kappa shape index (κ1) is 20.9. The Morgan fingerprint density at radius 2 is 1.73 bits per heavy atom. The quantitative estimate of drug-likeness (QED) is 0.734. The van der Waals surface area contributed by atoms with Crippen molar-refractivity contribution in [2.24, 2.45) is 0 Å². The van der Waals surface area contributed by atoms with E-state index in [1.54, 1.807) is 24.3 Å². The molecule has 2 aromatic carbocycles. The number of piperazine rings is 1. The molecule has 0 aromatic heterocycles. The van der Waals surface area contributed by atoms with Gasteiger partial charge in [-0.15, -0.1) is 0 Å². The van der Waals surface area contributed by atoms with Gasteiger partial charge in [-0.1, -0.05) is 24.3 Å². The normalized spacial score (nSPS) is 19.9. The Kier molecular flexibility index (Phi) is 6.11. The van der Waals surface area contributed by atoms with E-state index in [9.17, 15) is 13.2 Å². The summed E-state index contributed by atoms with van der Waals surface area (Å²) in [6, 6.07) is 14.7. The van der Waals surface area contributed by atoms with Crippen LogP contribution in [0.25, 0.3) is 0 Å². The molecule has 1 aliphatic carbocycles. The number of rotatable bonds is 5. The molecule has 2 aromatic rings. The van der Waals surface area contributed by atoms with Crippen molar-refractivity contribution >= 4 is 15.9 Å². The van der Waals surface area contributed by atoms with Crippen LogP contribution in [0.2, 0.25) is 0 Å². The number of carbonyl (C=O) groups excluding carboxylic acids is 1. The van der Waals surface area contributed by atoms with Gasteiger partial charge >= 0.3 is 0 Å². The maximum atomic E-state index is 13.2. The molecule has 1 atom stereocenters. The van der Waals surface area contributed by atoms with Gasteiger partial charge in [0.25, 0.3) is 0 Å². The van der Waals surface area contributed by atoms with Gasteiger partial charge in [0.05, 0.1) is 17.4 Å². The first-order valence-electron chi connectivity index (χ1n) is 10.6. The Hall–Kier alpha value is -2.38. The van der Waals surface area contributed by atoms with Crippen LogP contribution in [0.3, 0.4) is 0 Å². The molecule has 0 saturated carbocycles. The van der Waals surface area contributed by atoms with E-state index >= 15 is 0 Å². The number of benzene rings is 2. The van der Waals surface area contributed by atoms with Crippen LogP contribution in [0.1, 0.15) is 36.8 Å². The van der Waals surface area contributed by atoms with Crippen LogP contribution in [0.4, 0.5) is 0 Å². The molecule has 6 nitrogen and oxygen atoms in total. The second-order valence-corrected chi connectivity index (χ2v) is 9.72. The van der Waals surface area contributed by atoms with Gasteiger partial charge in [0, 0.05) is 26.2 Å². The summed E-state index contributed by atoms with van der Waals surface area (Å²) in [7, 11) is -3.58. The van der Waals surface area contributed by atoms with E-state index in [0.29, 0.717) is 38.5 Å². The van der Waals surface area contributed by atoms with Crippen LogP contribution < -0.4 is 4.74 Å². The molecule has 1 saturated heterocycles. The van der Waals surface area contributed by atoms with Crippen LogP contribution in [0.5, 0.6) is 5.75 Å². The average Bonchev–Trinajstić information content (AvgIpc) is 2.79. The predicted molar refractivity (Wildman–Crippen MR) is 115 cm³/mol. The molecule has 0 spiro atoms. The Labute approximate surface area is 178 Å². The summed E-state index contributed by atoms with van der Waals surface area (Å²) in [6.07, 6.45) is 2.90. The molecule has 1 aliphatic heterocycles. The van der Waals surface area contributed by atoms with E-state index in [1.807, 2.05) is 24.0 Å². The summed E-state index contributed by atoms with van der Waals surface area (Å²) in [4.78, 5) is 15.3. The van der Waals surface area contributed by atoms with Crippen LogP contribution in [-0.4, -0.2) is 56.3 Å². The van der Waals surface area contributed by atoms with Crippen molar-refractivity contribution in [3.05, 3.63) is 59.7 Å². The Morgan fingerprint density at radius 1 is 1.03 bits per heavy atom. The van der Waals surface area contributed by atoms with E-state index in [1.165, 1.54) is 9.87 Å². The molecule has 160 valence electrons. The van der Waals surface area contributed by atoms with Gasteiger partial charge in [0.1, 0.15) is 5.75 Å². The fourth-order valence-corrected chi connectivity index (χ4v) is 5.83. The van der Waals surface area contributed by atoms with Gasteiger partial charge in [-0.2, -0.15) is 4.31 Å². The number of fused-ring (bicyclic) bond motifs is 1. The highest BCUT2D eigenvalue weighted by molar-refractivity contribution is 7.89. The summed E-state index contributed by atoms with van der Waals surface area (Å²) in [5.74, 6) is 0.670. The molecule has 7 heteroatoms. The van der Waals surface area contributed by atoms with Crippen LogP contribution in [-0.2, 0) is 21.2 Å². The lowest BCUT2D eigenvalue weighted by Crippen LogP contribution is -2.51. The van der Waals surface area contributed by atoms with E-state index in [4.69, 9.17) is 4.74 Å². The Bertz CT molecular complexity index is 996. The number of nitrogens with zero attached hydrogens (tertiary/aromatic N) is 2. The van der Waals surface area contributed by atoms with Gasteiger partial charge in [-0.25, -0.2) is 8.42 Å². The Morgan fingerprint density at radius 3 is 2.43 bits per heavy atom. The molecule has 1 heterocycles. The first-order chi connectivity index (χ1) is 14.5. The van der Waals surface area contributed by atoms with E-state index in [-0.39, 0.29) is 16.7 Å². The molecule has 2 aliphatic rings. The summed E-state index contributed by atoms with van der Waals surface area (Å²) in [6.45, 7) is 3.90. The van der Waals surface area contributed by atoms with Crippen molar-refractivity contribution in [2.45, 2.75) is 37.0 Å². The van der Waals surface area contributed by atoms with Crippen LogP contribution in [0, 0.1) is 0 Å². The molecule has 1 amide bonds. The van der Waals surface area contributed by atoms with Crippen molar-refractivity contribution in [2.75, 3.05) is 32.8 Å². The molecule has 0 radical (unpaired) electrons. The van der Waals surface area contributed by atoms with Crippen molar-refractivity contribution in [1.82, 2.24) is 9.21 Å². The molecule has 4 rings (SSSR count). The first-order valence-corrected chi connectivity index (χ1v) is 12.0. The number of sulfonamides is 1. The number of hydrogen-bond donors (Lipinski definition) is 0. The smallest absolute Gasteiger partial charge is 0.243 e. The van der Waals surface area contributed by atoms with Crippen LogP contribution >= 0.6 is 0 Å². The zero-order valence-electron chi connectivity index (χ0n) is 17.3. The molecule has 0 bridgehead atoms. The SMILES string of the molecule is CCOc1ccc(S(=O)(=O)N2CCN(C(=O)C3CCCc4ccccc43)CC2)cc1.